The summed E-state index contributed by atoms with van der Waals surface area (Å²) in [6, 6.07) is 2.01. The number of rotatable bonds is 5. The van der Waals surface area contributed by atoms with Gasteiger partial charge in [0.15, 0.2) is 0 Å². The third-order valence-electron chi connectivity index (χ3n) is 3.20. The summed E-state index contributed by atoms with van der Waals surface area (Å²) in [6.07, 6.45) is 7.36. The van der Waals surface area contributed by atoms with Crippen LogP contribution in [0.15, 0.2) is 25.0 Å². The Kier molecular flexibility index (Phi) is 3.53. The lowest BCUT2D eigenvalue weighted by molar-refractivity contribution is 0.635. The van der Waals surface area contributed by atoms with Crippen LogP contribution >= 0.6 is 0 Å². The summed E-state index contributed by atoms with van der Waals surface area (Å²) >= 11 is 0. The molecule has 1 aliphatic heterocycles. The van der Waals surface area contributed by atoms with Crippen molar-refractivity contribution >= 4 is 11.6 Å². The van der Waals surface area contributed by atoms with Gasteiger partial charge in [0.2, 0.25) is 0 Å². The summed E-state index contributed by atoms with van der Waals surface area (Å²) in [4.78, 5) is 14.8. The summed E-state index contributed by atoms with van der Waals surface area (Å²) < 4.78 is 1.79. The smallest absolute Gasteiger partial charge is 0.137 e. The fraction of sp³-hybridized carbons (Fsp3) is 0.500. The molecule has 1 N–H and O–H groups in total. The van der Waals surface area contributed by atoms with Crippen molar-refractivity contribution in [1.82, 2.24) is 24.7 Å². The monoisotopic (exact) mass is 259 g/mol. The van der Waals surface area contributed by atoms with Crippen LogP contribution in [0.2, 0.25) is 0 Å². The summed E-state index contributed by atoms with van der Waals surface area (Å²) in [5.74, 6) is 1.87. The Hall–Kier alpha value is -2.18. The molecule has 2 aromatic rings. The maximum Gasteiger partial charge on any atom is 0.137 e. The van der Waals surface area contributed by atoms with E-state index in [1.54, 1.807) is 17.3 Å². The van der Waals surface area contributed by atoms with Gasteiger partial charge in [-0.15, -0.1) is 0 Å². The van der Waals surface area contributed by atoms with E-state index in [9.17, 15) is 0 Å². The molecule has 1 fully saturated rings. The molecule has 0 aromatic carbocycles. The van der Waals surface area contributed by atoms with Crippen LogP contribution in [0.3, 0.4) is 0 Å². The minimum absolute atomic E-state index is 0.764. The van der Waals surface area contributed by atoms with Crippen molar-refractivity contribution in [1.29, 1.82) is 0 Å². The largest absolute Gasteiger partial charge is 0.368 e. The minimum Gasteiger partial charge on any atom is -0.368 e. The number of anilines is 2. The SMILES string of the molecule is c1nc(NCCn2cncn2)cc(N2CCCC2)n1. The van der Waals surface area contributed by atoms with Crippen molar-refractivity contribution in [2.24, 2.45) is 0 Å². The van der Waals surface area contributed by atoms with Gasteiger partial charge in [0.05, 0.1) is 6.54 Å². The van der Waals surface area contributed by atoms with Crippen LogP contribution in [-0.4, -0.2) is 44.4 Å². The van der Waals surface area contributed by atoms with E-state index in [-0.39, 0.29) is 0 Å². The van der Waals surface area contributed by atoms with Crippen LogP contribution in [-0.2, 0) is 6.54 Å². The van der Waals surface area contributed by atoms with Crippen molar-refractivity contribution in [3.8, 4) is 0 Å². The number of nitrogens with one attached hydrogen (secondary N) is 1. The molecule has 7 heteroatoms. The van der Waals surface area contributed by atoms with Gasteiger partial charge in [-0.05, 0) is 12.8 Å². The number of hydrogen-bond donors (Lipinski definition) is 1. The molecule has 1 aliphatic rings. The Balaban J connectivity index is 1.56. The predicted molar refractivity (Wildman–Crippen MR) is 72.0 cm³/mol. The summed E-state index contributed by atoms with van der Waals surface area (Å²) in [7, 11) is 0. The zero-order valence-electron chi connectivity index (χ0n) is 10.7. The zero-order valence-corrected chi connectivity index (χ0v) is 10.7. The summed E-state index contributed by atoms with van der Waals surface area (Å²) in [6.45, 7) is 3.72. The minimum atomic E-state index is 0.764. The standard InChI is InChI=1S/C12H17N7/c1-2-5-18(4-1)12-7-11(15-9-16-12)14-3-6-19-10-13-8-17-19/h7-10H,1-6H2,(H,14,15,16). The van der Waals surface area contributed by atoms with Crippen molar-refractivity contribution < 1.29 is 0 Å². The quantitative estimate of drug-likeness (QED) is 0.855. The van der Waals surface area contributed by atoms with Gasteiger partial charge in [-0.3, -0.25) is 4.68 Å². The lowest BCUT2D eigenvalue weighted by Gasteiger charge is -2.16. The topological polar surface area (TPSA) is 71.8 Å². The Morgan fingerprint density at radius 2 is 2.05 bits per heavy atom. The molecule has 0 saturated carbocycles. The third-order valence-corrected chi connectivity index (χ3v) is 3.20. The first kappa shape index (κ1) is 11.9. The van der Waals surface area contributed by atoms with E-state index in [0.717, 1.165) is 37.8 Å². The highest BCUT2D eigenvalue weighted by Gasteiger charge is 2.13. The molecule has 0 radical (unpaired) electrons. The predicted octanol–water partition coefficient (Wildman–Crippen LogP) is 0.780. The highest BCUT2D eigenvalue weighted by atomic mass is 15.3. The van der Waals surface area contributed by atoms with Crippen LogP contribution in [0.4, 0.5) is 11.6 Å². The average molecular weight is 259 g/mol. The van der Waals surface area contributed by atoms with Gasteiger partial charge in [0.25, 0.3) is 0 Å². The summed E-state index contributed by atoms with van der Waals surface area (Å²) in [5.41, 5.74) is 0. The third kappa shape index (κ3) is 2.98. The Morgan fingerprint density at radius 1 is 1.16 bits per heavy atom. The first-order chi connectivity index (χ1) is 9.42. The molecule has 7 nitrogen and oxygen atoms in total. The molecule has 0 spiro atoms. The fourth-order valence-electron chi connectivity index (χ4n) is 2.21. The fourth-order valence-corrected chi connectivity index (χ4v) is 2.21. The highest BCUT2D eigenvalue weighted by molar-refractivity contribution is 5.48. The van der Waals surface area contributed by atoms with E-state index in [4.69, 9.17) is 0 Å². The number of nitrogens with zero attached hydrogens (tertiary/aromatic N) is 6. The molecular weight excluding hydrogens is 242 g/mol. The number of aromatic nitrogens is 5. The van der Waals surface area contributed by atoms with Crippen LogP contribution in [0.1, 0.15) is 12.8 Å². The lowest BCUT2D eigenvalue weighted by atomic mass is 10.4. The average Bonchev–Trinajstić information content (AvgIpc) is 3.12. The van der Waals surface area contributed by atoms with Crippen molar-refractivity contribution in [2.75, 3.05) is 29.9 Å². The Morgan fingerprint density at radius 3 is 2.84 bits per heavy atom. The molecule has 0 atom stereocenters. The molecule has 0 aliphatic carbocycles. The second-order valence-corrected chi connectivity index (χ2v) is 4.54. The molecular formula is C12H17N7. The maximum absolute atomic E-state index is 4.33. The summed E-state index contributed by atoms with van der Waals surface area (Å²) in [5, 5.41) is 7.33. The van der Waals surface area contributed by atoms with Gasteiger partial charge in [-0.2, -0.15) is 5.10 Å². The van der Waals surface area contributed by atoms with E-state index in [1.807, 2.05) is 6.07 Å². The van der Waals surface area contributed by atoms with Crippen LogP contribution in [0, 0.1) is 0 Å². The normalized spacial score (nSPS) is 14.8. The van der Waals surface area contributed by atoms with Crippen LogP contribution < -0.4 is 10.2 Å². The maximum atomic E-state index is 4.33. The molecule has 0 unspecified atom stereocenters. The molecule has 3 heterocycles. The zero-order chi connectivity index (χ0) is 12.9. The molecule has 0 bridgehead atoms. The van der Waals surface area contributed by atoms with E-state index >= 15 is 0 Å². The van der Waals surface area contributed by atoms with Crippen molar-refractivity contribution in [3.05, 3.63) is 25.0 Å². The van der Waals surface area contributed by atoms with Gasteiger partial charge < -0.3 is 10.2 Å². The van der Waals surface area contributed by atoms with E-state index in [1.165, 1.54) is 19.2 Å². The Labute approximate surface area is 111 Å². The molecule has 100 valence electrons. The van der Waals surface area contributed by atoms with Gasteiger partial charge in [-0.25, -0.2) is 15.0 Å². The first-order valence-corrected chi connectivity index (χ1v) is 6.55. The van der Waals surface area contributed by atoms with Gasteiger partial charge in [0, 0.05) is 25.7 Å². The van der Waals surface area contributed by atoms with Crippen molar-refractivity contribution in [3.63, 3.8) is 0 Å². The van der Waals surface area contributed by atoms with E-state index < -0.39 is 0 Å². The first-order valence-electron chi connectivity index (χ1n) is 6.55. The number of hydrogen-bond acceptors (Lipinski definition) is 6. The van der Waals surface area contributed by atoms with Gasteiger partial charge >= 0.3 is 0 Å². The molecule has 3 rings (SSSR count). The second-order valence-electron chi connectivity index (χ2n) is 4.54. The highest BCUT2D eigenvalue weighted by Crippen LogP contribution is 2.18. The van der Waals surface area contributed by atoms with Crippen LogP contribution in [0.5, 0.6) is 0 Å². The molecule has 1 saturated heterocycles. The second kappa shape index (κ2) is 5.64. The molecule has 19 heavy (non-hydrogen) atoms. The van der Waals surface area contributed by atoms with E-state index in [2.05, 4.69) is 30.3 Å². The van der Waals surface area contributed by atoms with E-state index in [0.29, 0.717) is 0 Å². The van der Waals surface area contributed by atoms with Gasteiger partial charge in [-0.1, -0.05) is 0 Å². The Bertz CT molecular complexity index is 505. The van der Waals surface area contributed by atoms with Gasteiger partial charge in [0.1, 0.15) is 30.6 Å². The molecule has 0 amide bonds. The van der Waals surface area contributed by atoms with Crippen molar-refractivity contribution in [2.45, 2.75) is 19.4 Å². The molecule has 2 aromatic heterocycles. The lowest BCUT2D eigenvalue weighted by Crippen LogP contribution is -2.19. The van der Waals surface area contributed by atoms with Crippen LogP contribution in [0.25, 0.3) is 0 Å².